The summed E-state index contributed by atoms with van der Waals surface area (Å²) < 4.78 is 5.47. The largest absolute Gasteiger partial charge is 0.381 e. The van der Waals surface area contributed by atoms with Gasteiger partial charge in [0, 0.05) is 45.1 Å². The van der Waals surface area contributed by atoms with Gasteiger partial charge in [-0.15, -0.1) is 24.0 Å². The molecule has 3 atom stereocenters. The van der Waals surface area contributed by atoms with Crippen LogP contribution < -0.4 is 5.32 Å². The molecule has 0 bridgehead atoms. The molecule has 1 saturated carbocycles. The summed E-state index contributed by atoms with van der Waals surface area (Å²) in [4.78, 5) is 6.69. The van der Waals surface area contributed by atoms with Crippen molar-refractivity contribution in [1.29, 1.82) is 0 Å². The van der Waals surface area contributed by atoms with E-state index in [1.54, 1.807) is 0 Å². The molecular formula is C18H28IN3O. The number of hydrogen-bond acceptors (Lipinski definition) is 2. The van der Waals surface area contributed by atoms with Gasteiger partial charge in [0.25, 0.3) is 0 Å². The van der Waals surface area contributed by atoms with Gasteiger partial charge in [0.05, 0.1) is 6.61 Å². The molecule has 1 aliphatic heterocycles. The van der Waals surface area contributed by atoms with E-state index in [1.165, 1.54) is 17.5 Å². The number of benzene rings is 1. The minimum atomic E-state index is 0. The van der Waals surface area contributed by atoms with Gasteiger partial charge < -0.3 is 15.0 Å². The zero-order chi connectivity index (χ0) is 15.5. The average Bonchev–Trinajstić information content (AvgIpc) is 3.09. The molecule has 0 radical (unpaired) electrons. The maximum atomic E-state index is 5.47. The molecule has 0 amide bonds. The number of halogens is 1. The highest BCUT2D eigenvalue weighted by Gasteiger charge is 2.40. The summed E-state index contributed by atoms with van der Waals surface area (Å²) in [5.74, 6) is 2.27. The first-order valence-electron chi connectivity index (χ1n) is 8.26. The summed E-state index contributed by atoms with van der Waals surface area (Å²) in [5, 5.41) is 3.63. The lowest BCUT2D eigenvalue weighted by Gasteiger charge is -2.24. The molecule has 3 unspecified atom stereocenters. The van der Waals surface area contributed by atoms with E-state index in [2.05, 4.69) is 53.4 Å². The number of aliphatic imine (C=N–C) groups is 1. The molecule has 5 heteroatoms. The van der Waals surface area contributed by atoms with Gasteiger partial charge in [-0.3, -0.25) is 4.99 Å². The molecule has 1 saturated heterocycles. The standard InChI is InChI=1S/C18H27N3O.HI/c1-13-6-4-5-7-15(13)16-10-17(16)20-18(19-2)21(3)11-14-8-9-22-12-14;/h4-7,14,16-17H,8-12H2,1-3H3,(H,19,20);1H. The van der Waals surface area contributed by atoms with Crippen LogP contribution >= 0.6 is 24.0 Å². The lowest BCUT2D eigenvalue weighted by molar-refractivity contribution is 0.181. The number of aryl methyl sites for hydroxylation is 1. The molecule has 23 heavy (non-hydrogen) atoms. The molecule has 0 spiro atoms. The summed E-state index contributed by atoms with van der Waals surface area (Å²) in [7, 11) is 3.99. The maximum absolute atomic E-state index is 5.47. The molecule has 1 aromatic rings. The zero-order valence-electron chi connectivity index (χ0n) is 14.3. The van der Waals surface area contributed by atoms with E-state index >= 15 is 0 Å². The van der Waals surface area contributed by atoms with E-state index in [9.17, 15) is 0 Å². The number of rotatable bonds is 4. The molecule has 1 aromatic carbocycles. The Labute approximate surface area is 156 Å². The topological polar surface area (TPSA) is 36.9 Å². The first-order valence-corrected chi connectivity index (χ1v) is 8.26. The van der Waals surface area contributed by atoms with Crippen molar-refractivity contribution in [2.45, 2.75) is 31.7 Å². The Hall–Kier alpha value is -0.820. The summed E-state index contributed by atoms with van der Waals surface area (Å²) in [5.41, 5.74) is 2.87. The third-order valence-corrected chi connectivity index (χ3v) is 4.82. The van der Waals surface area contributed by atoms with E-state index in [1.807, 2.05) is 7.05 Å². The van der Waals surface area contributed by atoms with Crippen molar-refractivity contribution in [2.75, 3.05) is 33.9 Å². The average molecular weight is 429 g/mol. The predicted octanol–water partition coefficient (Wildman–Crippen LogP) is 3.01. The van der Waals surface area contributed by atoms with Crippen LogP contribution in [0.15, 0.2) is 29.3 Å². The Morgan fingerprint density at radius 2 is 2.17 bits per heavy atom. The number of hydrogen-bond donors (Lipinski definition) is 1. The Bertz CT molecular complexity index is 543. The number of nitrogens with zero attached hydrogens (tertiary/aromatic N) is 2. The smallest absolute Gasteiger partial charge is 0.193 e. The molecular weight excluding hydrogens is 401 g/mol. The van der Waals surface area contributed by atoms with Crippen molar-refractivity contribution < 1.29 is 4.74 Å². The highest BCUT2D eigenvalue weighted by atomic mass is 127. The second kappa shape index (κ2) is 8.33. The second-order valence-corrected chi connectivity index (χ2v) is 6.61. The van der Waals surface area contributed by atoms with Crippen LogP contribution in [0, 0.1) is 12.8 Å². The van der Waals surface area contributed by atoms with Crippen molar-refractivity contribution in [3.63, 3.8) is 0 Å². The van der Waals surface area contributed by atoms with E-state index in [-0.39, 0.29) is 24.0 Å². The molecule has 1 N–H and O–H groups in total. The third kappa shape index (κ3) is 4.59. The van der Waals surface area contributed by atoms with Gasteiger partial charge in [-0.2, -0.15) is 0 Å². The molecule has 2 aliphatic rings. The van der Waals surface area contributed by atoms with Crippen LogP contribution in [-0.2, 0) is 4.74 Å². The van der Waals surface area contributed by atoms with E-state index in [0.29, 0.717) is 17.9 Å². The van der Waals surface area contributed by atoms with Crippen LogP contribution in [0.4, 0.5) is 0 Å². The predicted molar refractivity (Wildman–Crippen MR) is 106 cm³/mol. The van der Waals surface area contributed by atoms with Gasteiger partial charge in [-0.05, 0) is 30.9 Å². The van der Waals surface area contributed by atoms with Crippen molar-refractivity contribution in [3.8, 4) is 0 Å². The van der Waals surface area contributed by atoms with Crippen molar-refractivity contribution in [2.24, 2.45) is 10.9 Å². The Kier molecular flexibility index (Phi) is 6.71. The highest BCUT2D eigenvalue weighted by Crippen LogP contribution is 2.42. The number of ether oxygens (including phenoxy) is 1. The van der Waals surface area contributed by atoms with Crippen LogP contribution in [0.1, 0.15) is 29.9 Å². The fourth-order valence-electron chi connectivity index (χ4n) is 3.41. The van der Waals surface area contributed by atoms with Gasteiger partial charge in [0.2, 0.25) is 0 Å². The summed E-state index contributed by atoms with van der Waals surface area (Å²) in [6.45, 7) is 5.01. The number of guanidine groups is 1. The Balaban J connectivity index is 0.00000192. The molecule has 2 fully saturated rings. The van der Waals surface area contributed by atoms with Crippen molar-refractivity contribution >= 4 is 29.9 Å². The fourth-order valence-corrected chi connectivity index (χ4v) is 3.41. The quantitative estimate of drug-likeness (QED) is 0.454. The molecule has 1 heterocycles. The van der Waals surface area contributed by atoms with Crippen LogP contribution in [0.2, 0.25) is 0 Å². The summed E-state index contributed by atoms with van der Waals surface area (Å²) >= 11 is 0. The van der Waals surface area contributed by atoms with E-state index < -0.39 is 0 Å². The lowest BCUT2D eigenvalue weighted by Crippen LogP contribution is -2.42. The van der Waals surface area contributed by atoms with Gasteiger partial charge in [-0.1, -0.05) is 24.3 Å². The Morgan fingerprint density at radius 3 is 2.83 bits per heavy atom. The first-order chi connectivity index (χ1) is 10.7. The molecule has 3 rings (SSSR count). The monoisotopic (exact) mass is 429 g/mol. The minimum Gasteiger partial charge on any atom is -0.381 e. The van der Waals surface area contributed by atoms with Crippen LogP contribution in [0.5, 0.6) is 0 Å². The van der Waals surface area contributed by atoms with E-state index in [4.69, 9.17) is 4.74 Å². The molecule has 128 valence electrons. The second-order valence-electron chi connectivity index (χ2n) is 6.61. The van der Waals surface area contributed by atoms with Gasteiger partial charge in [-0.25, -0.2) is 0 Å². The number of nitrogens with one attached hydrogen (secondary N) is 1. The van der Waals surface area contributed by atoms with Crippen LogP contribution in [-0.4, -0.2) is 50.8 Å². The van der Waals surface area contributed by atoms with Gasteiger partial charge >= 0.3 is 0 Å². The summed E-state index contributed by atoms with van der Waals surface area (Å²) in [6, 6.07) is 9.22. The molecule has 0 aromatic heterocycles. The SMILES string of the molecule is CN=C(NC1CC1c1ccccc1C)N(C)CC1CCOC1.I. The highest BCUT2D eigenvalue weighted by molar-refractivity contribution is 14.0. The van der Waals surface area contributed by atoms with Crippen LogP contribution in [0.3, 0.4) is 0 Å². The van der Waals surface area contributed by atoms with E-state index in [0.717, 1.165) is 32.1 Å². The van der Waals surface area contributed by atoms with Crippen molar-refractivity contribution in [1.82, 2.24) is 10.2 Å². The summed E-state index contributed by atoms with van der Waals surface area (Å²) in [6.07, 6.45) is 2.36. The fraction of sp³-hybridized carbons (Fsp3) is 0.611. The van der Waals surface area contributed by atoms with Crippen molar-refractivity contribution in [3.05, 3.63) is 35.4 Å². The van der Waals surface area contributed by atoms with Gasteiger partial charge in [0.1, 0.15) is 0 Å². The van der Waals surface area contributed by atoms with Gasteiger partial charge in [0.15, 0.2) is 5.96 Å². The third-order valence-electron chi connectivity index (χ3n) is 4.82. The van der Waals surface area contributed by atoms with Crippen LogP contribution in [0.25, 0.3) is 0 Å². The lowest BCUT2D eigenvalue weighted by atomic mass is 10.0. The minimum absolute atomic E-state index is 0. The Morgan fingerprint density at radius 1 is 1.39 bits per heavy atom. The first kappa shape index (κ1) is 18.5. The zero-order valence-corrected chi connectivity index (χ0v) is 16.6. The maximum Gasteiger partial charge on any atom is 0.193 e. The molecule has 1 aliphatic carbocycles. The molecule has 4 nitrogen and oxygen atoms in total. The normalized spacial score (nSPS) is 26.6.